The highest BCUT2D eigenvalue weighted by Crippen LogP contribution is 2.12. The van der Waals surface area contributed by atoms with Crippen LogP contribution in [0.2, 0.25) is 0 Å². The molecule has 0 aromatic heterocycles. The maximum absolute atomic E-state index is 7.48. The third kappa shape index (κ3) is 4.82. The molecule has 1 saturated heterocycles. The van der Waals surface area contributed by atoms with Crippen molar-refractivity contribution in [2.45, 2.75) is 13.0 Å². The molecule has 7 heteroatoms. The molecule has 0 aromatic rings. The third-order valence-electron chi connectivity index (χ3n) is 2.31. The molecule has 5 N–H and O–H groups in total. The van der Waals surface area contributed by atoms with Gasteiger partial charge in [0.1, 0.15) is 0 Å². The molecule has 92 valence electrons. The molecular weight excluding hydrogens is 226 g/mol. The first kappa shape index (κ1) is 13.3. The highest BCUT2D eigenvalue weighted by molar-refractivity contribution is 8.13. The lowest BCUT2D eigenvalue weighted by Crippen LogP contribution is -2.43. The Kier molecular flexibility index (Phi) is 5.58. The molecule has 1 aliphatic rings. The van der Waals surface area contributed by atoms with E-state index >= 15 is 0 Å². The van der Waals surface area contributed by atoms with Crippen molar-refractivity contribution in [2.24, 2.45) is 16.5 Å². The molecular formula is C9H19N5OS. The smallest absolute Gasteiger partial charge is 0.193 e. The van der Waals surface area contributed by atoms with Gasteiger partial charge in [0, 0.05) is 18.8 Å². The van der Waals surface area contributed by atoms with Crippen LogP contribution in [0.25, 0.3) is 0 Å². The fraction of sp³-hybridized carbons (Fsp3) is 0.778. The average Bonchev–Trinajstić information content (AvgIpc) is 2.26. The normalized spacial score (nSPS) is 21.7. The second kappa shape index (κ2) is 6.72. The summed E-state index contributed by atoms with van der Waals surface area (Å²) in [6.45, 7) is 5.84. The molecule has 1 rings (SSSR count). The van der Waals surface area contributed by atoms with E-state index in [0.29, 0.717) is 5.75 Å². The summed E-state index contributed by atoms with van der Waals surface area (Å²) in [6.07, 6.45) is 0.160. The number of nitrogens with two attached hydrogens (primary N) is 2. The van der Waals surface area contributed by atoms with Crippen LogP contribution in [0.4, 0.5) is 0 Å². The lowest BCUT2D eigenvalue weighted by molar-refractivity contribution is -0.0136. The van der Waals surface area contributed by atoms with Crippen LogP contribution in [0.1, 0.15) is 6.92 Å². The van der Waals surface area contributed by atoms with Gasteiger partial charge >= 0.3 is 0 Å². The minimum Gasteiger partial charge on any atom is -0.375 e. The molecule has 6 nitrogen and oxygen atoms in total. The lowest BCUT2D eigenvalue weighted by atomic mass is 10.3. The number of guanidine groups is 1. The maximum Gasteiger partial charge on any atom is 0.193 e. The van der Waals surface area contributed by atoms with Crippen LogP contribution in [-0.4, -0.2) is 54.1 Å². The largest absolute Gasteiger partial charge is 0.375 e. The van der Waals surface area contributed by atoms with E-state index in [1.165, 1.54) is 11.8 Å². The minimum atomic E-state index is -0.0720. The zero-order valence-electron chi connectivity index (χ0n) is 9.48. The van der Waals surface area contributed by atoms with Crippen molar-refractivity contribution in [1.29, 1.82) is 5.41 Å². The molecule has 0 spiro atoms. The number of nitrogens with one attached hydrogen (secondary N) is 1. The molecule has 1 atom stereocenters. The van der Waals surface area contributed by atoms with Gasteiger partial charge in [-0.05, 0) is 6.54 Å². The summed E-state index contributed by atoms with van der Waals surface area (Å²) < 4.78 is 5.60. The number of thioether (sulfide) groups is 1. The molecule has 0 radical (unpaired) electrons. The van der Waals surface area contributed by atoms with E-state index < -0.39 is 0 Å². The Bertz CT molecular complexity index is 267. The second-order valence-electron chi connectivity index (χ2n) is 3.54. The molecule has 1 unspecified atom stereocenters. The zero-order valence-corrected chi connectivity index (χ0v) is 10.3. The molecule has 1 heterocycles. The summed E-state index contributed by atoms with van der Waals surface area (Å²) in [6, 6.07) is 0. The van der Waals surface area contributed by atoms with Crippen molar-refractivity contribution in [2.75, 3.05) is 32.0 Å². The van der Waals surface area contributed by atoms with Crippen LogP contribution in [0.5, 0.6) is 0 Å². The summed E-state index contributed by atoms with van der Waals surface area (Å²) >= 11 is 1.31. The van der Waals surface area contributed by atoms with Crippen molar-refractivity contribution in [1.82, 2.24) is 4.90 Å². The van der Waals surface area contributed by atoms with Gasteiger partial charge < -0.3 is 16.2 Å². The Morgan fingerprint density at radius 1 is 1.62 bits per heavy atom. The second-order valence-corrected chi connectivity index (χ2v) is 4.55. The Labute approximate surface area is 99.9 Å². The number of ether oxygens (including phenoxy) is 1. The molecule has 1 fully saturated rings. The van der Waals surface area contributed by atoms with Gasteiger partial charge in [-0.25, -0.2) is 0 Å². The van der Waals surface area contributed by atoms with E-state index in [1.807, 2.05) is 0 Å². The van der Waals surface area contributed by atoms with Gasteiger partial charge in [-0.15, -0.1) is 0 Å². The van der Waals surface area contributed by atoms with Gasteiger partial charge in [-0.3, -0.25) is 10.3 Å². The van der Waals surface area contributed by atoms with Crippen molar-refractivity contribution in [3.63, 3.8) is 0 Å². The Balaban J connectivity index is 2.27. The van der Waals surface area contributed by atoms with Crippen LogP contribution in [0.3, 0.4) is 0 Å². The predicted molar refractivity (Wildman–Crippen MR) is 67.8 cm³/mol. The van der Waals surface area contributed by atoms with Gasteiger partial charge in [0.25, 0.3) is 0 Å². The van der Waals surface area contributed by atoms with Crippen molar-refractivity contribution in [3.8, 4) is 0 Å². The zero-order chi connectivity index (χ0) is 12.0. The highest BCUT2D eigenvalue weighted by atomic mass is 32.2. The van der Waals surface area contributed by atoms with Crippen molar-refractivity contribution in [3.05, 3.63) is 0 Å². The standard InChI is InChI=1S/C9H19N5OS/c1-2-14-3-4-15-7(5-14)6-16-9(12)13-8(10)11/h7H,2-6H2,1H3,(H5,10,11,12,13). The first-order valence-corrected chi connectivity index (χ1v) is 6.25. The number of hydrogen-bond donors (Lipinski definition) is 3. The number of aliphatic imine (C=N–C) groups is 1. The van der Waals surface area contributed by atoms with Gasteiger partial charge in [0.15, 0.2) is 11.1 Å². The summed E-state index contributed by atoms with van der Waals surface area (Å²) in [5.74, 6) is 0.642. The molecule has 0 amide bonds. The van der Waals surface area contributed by atoms with Crippen molar-refractivity contribution >= 4 is 22.9 Å². The summed E-state index contributed by atoms with van der Waals surface area (Å²) in [4.78, 5) is 5.98. The quantitative estimate of drug-likeness (QED) is 0.466. The SMILES string of the molecule is CCN1CCOC(CSC(=N)N=C(N)N)C1. The Morgan fingerprint density at radius 3 is 3.00 bits per heavy atom. The first-order chi connectivity index (χ1) is 7.61. The van der Waals surface area contributed by atoms with Crippen LogP contribution in [0.15, 0.2) is 4.99 Å². The molecule has 0 bridgehead atoms. The number of rotatable bonds is 3. The number of likely N-dealkylation sites (N-methyl/N-ethyl adjacent to an activating group) is 1. The first-order valence-electron chi connectivity index (χ1n) is 5.26. The topological polar surface area (TPSA) is 101 Å². The summed E-state index contributed by atoms with van der Waals surface area (Å²) in [7, 11) is 0. The van der Waals surface area contributed by atoms with Gasteiger partial charge in [-0.1, -0.05) is 18.7 Å². The minimum absolute atomic E-state index is 0.0720. The van der Waals surface area contributed by atoms with Gasteiger partial charge in [0.2, 0.25) is 0 Å². The predicted octanol–water partition coefficient (Wildman–Crippen LogP) is -0.352. The monoisotopic (exact) mass is 245 g/mol. The number of nitrogens with zero attached hydrogens (tertiary/aromatic N) is 2. The van der Waals surface area contributed by atoms with Crippen LogP contribution in [0, 0.1) is 5.41 Å². The number of morpholine rings is 1. The van der Waals surface area contributed by atoms with E-state index in [1.54, 1.807) is 0 Å². The summed E-state index contributed by atoms with van der Waals surface area (Å²) in [5, 5.41) is 7.62. The third-order valence-corrected chi connectivity index (χ3v) is 3.21. The molecule has 0 aromatic carbocycles. The Hall–Kier alpha value is -0.790. The maximum atomic E-state index is 7.48. The van der Waals surface area contributed by atoms with E-state index in [2.05, 4.69) is 16.8 Å². The molecule has 16 heavy (non-hydrogen) atoms. The van der Waals surface area contributed by atoms with E-state index in [0.717, 1.165) is 26.2 Å². The number of amidine groups is 1. The lowest BCUT2D eigenvalue weighted by Gasteiger charge is -2.31. The fourth-order valence-electron chi connectivity index (χ4n) is 1.49. The van der Waals surface area contributed by atoms with Crippen molar-refractivity contribution < 1.29 is 4.74 Å². The van der Waals surface area contributed by atoms with Crippen LogP contribution >= 0.6 is 11.8 Å². The highest BCUT2D eigenvalue weighted by Gasteiger charge is 2.19. The Morgan fingerprint density at radius 2 is 2.38 bits per heavy atom. The molecule has 1 aliphatic heterocycles. The van der Waals surface area contributed by atoms with Gasteiger partial charge in [-0.2, -0.15) is 4.99 Å². The van der Waals surface area contributed by atoms with E-state index in [9.17, 15) is 0 Å². The van der Waals surface area contributed by atoms with E-state index in [-0.39, 0.29) is 17.2 Å². The molecule has 0 saturated carbocycles. The number of hydrogen-bond acceptors (Lipinski definition) is 4. The fourth-order valence-corrected chi connectivity index (χ4v) is 2.21. The van der Waals surface area contributed by atoms with E-state index in [4.69, 9.17) is 21.6 Å². The van der Waals surface area contributed by atoms with Crippen LogP contribution in [-0.2, 0) is 4.74 Å². The molecule has 0 aliphatic carbocycles. The van der Waals surface area contributed by atoms with Crippen LogP contribution < -0.4 is 11.5 Å². The summed E-state index contributed by atoms with van der Waals surface area (Å²) in [5.41, 5.74) is 10.4. The average molecular weight is 245 g/mol. The van der Waals surface area contributed by atoms with Gasteiger partial charge in [0.05, 0.1) is 12.7 Å².